The molecule has 0 bridgehead atoms. The summed E-state index contributed by atoms with van der Waals surface area (Å²) in [5.41, 5.74) is 3.62. The van der Waals surface area contributed by atoms with Crippen LogP contribution in [-0.4, -0.2) is 19.7 Å². The zero-order valence-corrected chi connectivity index (χ0v) is 20.4. The number of benzene rings is 3. The van der Waals surface area contributed by atoms with Crippen LogP contribution in [0.1, 0.15) is 5.56 Å². The Kier molecular flexibility index (Phi) is 6.62. The second-order valence-corrected chi connectivity index (χ2v) is 12.0. The normalized spacial score (nSPS) is 11.6. The van der Waals surface area contributed by atoms with E-state index in [1.54, 1.807) is 59.5 Å². The molecule has 0 aliphatic heterocycles. The number of halogens is 2. The highest BCUT2D eigenvalue weighted by molar-refractivity contribution is 9.10. The Morgan fingerprint density at radius 1 is 1.00 bits per heavy atom. The molecule has 3 nitrogen and oxygen atoms in total. The summed E-state index contributed by atoms with van der Waals surface area (Å²) in [6.45, 7) is 0. The summed E-state index contributed by atoms with van der Waals surface area (Å²) in [7, 11) is -3.27. The molecule has 0 radical (unpaired) electrons. The molecule has 0 N–H and O–H groups in total. The average Bonchev–Trinajstić information content (AvgIpc) is 3.17. The van der Waals surface area contributed by atoms with E-state index >= 15 is 0 Å². The number of nitrogens with zero attached hydrogens (tertiary/aromatic N) is 1. The van der Waals surface area contributed by atoms with Crippen LogP contribution in [0.25, 0.3) is 21.7 Å². The van der Waals surface area contributed by atoms with Crippen molar-refractivity contribution in [1.82, 2.24) is 4.98 Å². The minimum Gasteiger partial charge on any atom is -0.229 e. The summed E-state index contributed by atoms with van der Waals surface area (Å²) in [6, 6.07) is 21.2. The molecule has 4 rings (SSSR count). The summed E-state index contributed by atoms with van der Waals surface area (Å²) >= 11 is 6.67. The van der Waals surface area contributed by atoms with Crippen LogP contribution < -0.4 is 0 Å². The molecule has 1 aromatic heterocycles. The fraction of sp³-hybridized carbons (Fsp3) is 0.0870. The number of aromatic nitrogens is 1. The summed E-state index contributed by atoms with van der Waals surface area (Å²) < 4.78 is 39.0. The van der Waals surface area contributed by atoms with Gasteiger partial charge in [0.2, 0.25) is 0 Å². The van der Waals surface area contributed by atoms with Crippen LogP contribution in [0, 0.1) is 5.82 Å². The van der Waals surface area contributed by atoms with Gasteiger partial charge in [-0.25, -0.2) is 17.8 Å². The summed E-state index contributed by atoms with van der Waals surface area (Å²) in [6.07, 6.45) is 1.19. The standard InChI is InChI=1S/C23H17BrFNO2S3/c1-31(27,28)20-11-7-17(8-12-20)22-21(16-5-9-19(25)10-6-16)26-23(30-22)29-14-15-3-2-4-18(24)13-15/h2-13H,14H2,1H3. The van der Waals surface area contributed by atoms with E-state index < -0.39 is 9.84 Å². The van der Waals surface area contributed by atoms with Crippen molar-refractivity contribution in [3.05, 3.63) is 88.6 Å². The molecule has 0 amide bonds. The maximum atomic E-state index is 13.4. The summed E-state index contributed by atoms with van der Waals surface area (Å²) in [4.78, 5) is 6.02. The molecule has 31 heavy (non-hydrogen) atoms. The summed E-state index contributed by atoms with van der Waals surface area (Å²) in [5, 5.41) is 0. The lowest BCUT2D eigenvalue weighted by Gasteiger charge is -2.04. The zero-order chi connectivity index (χ0) is 22.0. The topological polar surface area (TPSA) is 47.0 Å². The van der Waals surface area contributed by atoms with Crippen molar-refractivity contribution in [3.63, 3.8) is 0 Å². The smallest absolute Gasteiger partial charge is 0.175 e. The van der Waals surface area contributed by atoms with Crippen molar-refractivity contribution in [3.8, 4) is 21.7 Å². The number of thioether (sulfide) groups is 1. The van der Waals surface area contributed by atoms with E-state index in [1.807, 2.05) is 12.1 Å². The van der Waals surface area contributed by atoms with Crippen LogP contribution >= 0.6 is 39.0 Å². The molecule has 1 heterocycles. The van der Waals surface area contributed by atoms with Crippen molar-refractivity contribution in [2.75, 3.05) is 6.26 Å². The Hall–Kier alpha value is -2.00. The van der Waals surface area contributed by atoms with Crippen molar-refractivity contribution < 1.29 is 12.8 Å². The van der Waals surface area contributed by atoms with E-state index in [0.29, 0.717) is 0 Å². The fourth-order valence-corrected chi connectivity index (χ4v) is 6.18. The number of hydrogen-bond donors (Lipinski definition) is 0. The van der Waals surface area contributed by atoms with Crippen LogP contribution in [0.2, 0.25) is 0 Å². The lowest BCUT2D eigenvalue weighted by molar-refractivity contribution is 0.602. The maximum absolute atomic E-state index is 13.4. The van der Waals surface area contributed by atoms with Crippen molar-refractivity contribution >= 4 is 48.9 Å². The second-order valence-electron chi connectivity index (χ2n) is 6.88. The molecule has 0 atom stereocenters. The van der Waals surface area contributed by atoms with Crippen LogP contribution in [0.5, 0.6) is 0 Å². The van der Waals surface area contributed by atoms with E-state index in [-0.39, 0.29) is 10.7 Å². The molecule has 0 saturated heterocycles. The quantitative estimate of drug-likeness (QED) is 0.248. The molecule has 158 valence electrons. The van der Waals surface area contributed by atoms with Gasteiger partial charge in [0.1, 0.15) is 5.82 Å². The first kappa shape index (κ1) is 22.2. The number of hydrogen-bond acceptors (Lipinski definition) is 5. The molecule has 8 heteroatoms. The lowest BCUT2D eigenvalue weighted by atomic mass is 10.1. The van der Waals surface area contributed by atoms with Crippen LogP contribution in [-0.2, 0) is 15.6 Å². The van der Waals surface area contributed by atoms with Gasteiger partial charge < -0.3 is 0 Å². The third-order valence-corrected chi connectivity index (χ3v) is 8.46. The van der Waals surface area contributed by atoms with Gasteiger partial charge in [0.15, 0.2) is 14.2 Å². The Bertz CT molecular complexity index is 1320. The molecular formula is C23H17BrFNO2S3. The number of rotatable bonds is 6. The highest BCUT2D eigenvalue weighted by Gasteiger charge is 2.17. The van der Waals surface area contributed by atoms with Gasteiger partial charge in [0.05, 0.1) is 15.5 Å². The maximum Gasteiger partial charge on any atom is 0.175 e. The molecule has 0 spiro atoms. The molecule has 0 aliphatic carbocycles. The zero-order valence-electron chi connectivity index (χ0n) is 16.4. The van der Waals surface area contributed by atoms with Gasteiger partial charge in [-0.2, -0.15) is 0 Å². The highest BCUT2D eigenvalue weighted by Crippen LogP contribution is 2.41. The molecule has 3 aromatic carbocycles. The Morgan fingerprint density at radius 2 is 1.68 bits per heavy atom. The Labute approximate surface area is 197 Å². The van der Waals surface area contributed by atoms with Crippen LogP contribution in [0.3, 0.4) is 0 Å². The predicted molar refractivity (Wildman–Crippen MR) is 130 cm³/mol. The van der Waals surface area contributed by atoms with Crippen LogP contribution in [0.4, 0.5) is 4.39 Å². The predicted octanol–water partition coefficient (Wildman–Crippen LogP) is 7.07. The van der Waals surface area contributed by atoms with Gasteiger partial charge >= 0.3 is 0 Å². The minimum absolute atomic E-state index is 0.272. The van der Waals surface area contributed by atoms with Crippen LogP contribution in [0.15, 0.2) is 86.5 Å². The Balaban J connectivity index is 1.71. The molecule has 0 unspecified atom stereocenters. The fourth-order valence-electron chi connectivity index (χ4n) is 2.99. The third kappa shape index (κ3) is 5.44. The lowest BCUT2D eigenvalue weighted by Crippen LogP contribution is -1.96. The largest absolute Gasteiger partial charge is 0.229 e. The Morgan fingerprint density at radius 3 is 2.32 bits per heavy atom. The summed E-state index contributed by atoms with van der Waals surface area (Å²) in [5.74, 6) is 0.463. The van der Waals surface area contributed by atoms with Gasteiger partial charge in [0.25, 0.3) is 0 Å². The van der Waals surface area contributed by atoms with Gasteiger partial charge in [-0.3, -0.25) is 0 Å². The SMILES string of the molecule is CS(=O)(=O)c1ccc(-c2sc(SCc3cccc(Br)c3)nc2-c2ccc(F)cc2)cc1. The highest BCUT2D eigenvalue weighted by atomic mass is 79.9. The molecule has 0 saturated carbocycles. The molecular weight excluding hydrogens is 517 g/mol. The van der Waals surface area contributed by atoms with Gasteiger partial charge in [-0.15, -0.1) is 11.3 Å². The first-order valence-electron chi connectivity index (χ1n) is 9.24. The van der Waals surface area contributed by atoms with E-state index in [1.165, 1.54) is 24.0 Å². The number of sulfone groups is 1. The van der Waals surface area contributed by atoms with Crippen molar-refractivity contribution in [1.29, 1.82) is 0 Å². The molecule has 0 fully saturated rings. The first-order chi connectivity index (χ1) is 14.8. The second kappa shape index (κ2) is 9.24. The van der Waals surface area contributed by atoms with E-state index in [9.17, 15) is 12.8 Å². The first-order valence-corrected chi connectivity index (χ1v) is 13.7. The number of thiazole rings is 1. The van der Waals surface area contributed by atoms with E-state index in [0.717, 1.165) is 36.3 Å². The minimum atomic E-state index is -3.27. The van der Waals surface area contributed by atoms with Crippen molar-refractivity contribution in [2.45, 2.75) is 15.0 Å². The molecule has 0 aliphatic rings. The molecule has 4 aromatic rings. The van der Waals surface area contributed by atoms with Gasteiger partial charge in [0, 0.05) is 22.0 Å². The third-order valence-electron chi connectivity index (χ3n) is 4.52. The van der Waals surface area contributed by atoms with E-state index in [2.05, 4.69) is 28.1 Å². The van der Waals surface area contributed by atoms with Crippen molar-refractivity contribution in [2.24, 2.45) is 0 Å². The van der Waals surface area contributed by atoms with Gasteiger partial charge in [-0.05, 0) is 59.7 Å². The van der Waals surface area contributed by atoms with E-state index in [4.69, 9.17) is 4.98 Å². The van der Waals surface area contributed by atoms with Gasteiger partial charge in [-0.1, -0.05) is 52.0 Å². The average molecular weight is 534 g/mol. The monoisotopic (exact) mass is 533 g/mol.